The highest BCUT2D eigenvalue weighted by atomic mass is 16.5. The van der Waals surface area contributed by atoms with Crippen LogP contribution in [0.1, 0.15) is 18.4 Å². The molecule has 2 amide bonds. The second kappa shape index (κ2) is 7.17. The fourth-order valence-corrected chi connectivity index (χ4v) is 2.72. The van der Waals surface area contributed by atoms with Gasteiger partial charge < -0.3 is 15.0 Å². The summed E-state index contributed by atoms with van der Waals surface area (Å²) < 4.78 is 5.49. The summed E-state index contributed by atoms with van der Waals surface area (Å²) in [6, 6.07) is 14.9. The Kier molecular flexibility index (Phi) is 4.79. The van der Waals surface area contributed by atoms with E-state index in [2.05, 4.69) is 5.32 Å². The SMILES string of the molecule is Cc1cccc(OCC(=O)Nc2cccc(N3CCCC3=O)c2)c1. The third-order valence-corrected chi connectivity index (χ3v) is 3.87. The van der Waals surface area contributed by atoms with Crippen molar-refractivity contribution in [2.24, 2.45) is 0 Å². The van der Waals surface area contributed by atoms with Gasteiger partial charge in [0.1, 0.15) is 5.75 Å². The van der Waals surface area contributed by atoms with Crippen LogP contribution in [0.4, 0.5) is 11.4 Å². The van der Waals surface area contributed by atoms with Crippen LogP contribution in [0.2, 0.25) is 0 Å². The minimum Gasteiger partial charge on any atom is -0.484 e. The van der Waals surface area contributed by atoms with Crippen LogP contribution in [0.15, 0.2) is 48.5 Å². The summed E-state index contributed by atoms with van der Waals surface area (Å²) in [6.45, 7) is 2.64. The van der Waals surface area contributed by atoms with E-state index in [0.717, 1.165) is 24.2 Å². The average molecular weight is 324 g/mol. The first-order valence-electron chi connectivity index (χ1n) is 8.01. The van der Waals surface area contributed by atoms with Gasteiger partial charge in [-0.25, -0.2) is 0 Å². The molecule has 1 fully saturated rings. The highest BCUT2D eigenvalue weighted by Crippen LogP contribution is 2.24. The average Bonchev–Trinajstić information content (AvgIpc) is 2.99. The van der Waals surface area contributed by atoms with Crippen LogP contribution in [-0.2, 0) is 9.59 Å². The van der Waals surface area contributed by atoms with E-state index in [4.69, 9.17) is 4.74 Å². The van der Waals surface area contributed by atoms with E-state index in [0.29, 0.717) is 17.9 Å². The highest BCUT2D eigenvalue weighted by Gasteiger charge is 2.21. The first kappa shape index (κ1) is 16.1. The monoisotopic (exact) mass is 324 g/mol. The molecule has 1 saturated heterocycles. The summed E-state index contributed by atoms with van der Waals surface area (Å²) in [6.07, 6.45) is 1.46. The Morgan fingerprint density at radius 1 is 1.21 bits per heavy atom. The summed E-state index contributed by atoms with van der Waals surface area (Å²) in [5.74, 6) is 0.559. The number of hydrogen-bond acceptors (Lipinski definition) is 3. The van der Waals surface area contributed by atoms with Crippen LogP contribution in [0.25, 0.3) is 0 Å². The van der Waals surface area contributed by atoms with Gasteiger partial charge in [-0.1, -0.05) is 18.2 Å². The van der Waals surface area contributed by atoms with E-state index < -0.39 is 0 Å². The van der Waals surface area contributed by atoms with Gasteiger partial charge in [0.15, 0.2) is 6.61 Å². The van der Waals surface area contributed by atoms with Gasteiger partial charge >= 0.3 is 0 Å². The molecule has 24 heavy (non-hydrogen) atoms. The molecule has 1 aliphatic rings. The zero-order valence-electron chi connectivity index (χ0n) is 13.6. The minimum atomic E-state index is -0.235. The maximum Gasteiger partial charge on any atom is 0.262 e. The minimum absolute atomic E-state index is 0.0592. The van der Waals surface area contributed by atoms with Gasteiger partial charge in [-0.2, -0.15) is 0 Å². The molecule has 3 rings (SSSR count). The molecule has 1 aliphatic heterocycles. The molecule has 2 aromatic carbocycles. The molecular formula is C19H20N2O3. The van der Waals surface area contributed by atoms with Crippen LogP contribution in [0.5, 0.6) is 5.75 Å². The maximum atomic E-state index is 12.1. The van der Waals surface area contributed by atoms with E-state index >= 15 is 0 Å². The molecule has 0 atom stereocenters. The molecule has 5 nitrogen and oxygen atoms in total. The fraction of sp³-hybridized carbons (Fsp3) is 0.263. The Morgan fingerprint density at radius 3 is 2.79 bits per heavy atom. The smallest absolute Gasteiger partial charge is 0.262 e. The number of aryl methyl sites for hydroxylation is 1. The number of amides is 2. The molecule has 0 saturated carbocycles. The van der Waals surface area contributed by atoms with Crippen molar-refractivity contribution in [1.82, 2.24) is 0 Å². The van der Waals surface area contributed by atoms with Crippen LogP contribution < -0.4 is 15.0 Å². The fourth-order valence-electron chi connectivity index (χ4n) is 2.72. The van der Waals surface area contributed by atoms with Gasteiger partial charge in [0.05, 0.1) is 0 Å². The number of carbonyl (C=O) groups excluding carboxylic acids is 2. The molecule has 1 heterocycles. The van der Waals surface area contributed by atoms with E-state index in [1.807, 2.05) is 49.4 Å². The Bertz CT molecular complexity index is 758. The Balaban J connectivity index is 1.59. The van der Waals surface area contributed by atoms with Gasteiger partial charge in [0.2, 0.25) is 5.91 Å². The Labute approximate surface area is 141 Å². The Hall–Kier alpha value is -2.82. The summed E-state index contributed by atoms with van der Waals surface area (Å²) in [5.41, 5.74) is 2.55. The number of nitrogens with zero attached hydrogens (tertiary/aromatic N) is 1. The molecule has 124 valence electrons. The van der Waals surface area contributed by atoms with Crippen molar-refractivity contribution in [3.63, 3.8) is 0 Å². The van der Waals surface area contributed by atoms with Gasteiger partial charge in [-0.05, 0) is 49.2 Å². The lowest BCUT2D eigenvalue weighted by Crippen LogP contribution is -2.24. The zero-order valence-corrected chi connectivity index (χ0v) is 13.6. The number of hydrogen-bond donors (Lipinski definition) is 1. The van der Waals surface area contributed by atoms with Crippen molar-refractivity contribution in [3.05, 3.63) is 54.1 Å². The van der Waals surface area contributed by atoms with Crippen molar-refractivity contribution in [1.29, 1.82) is 0 Å². The lowest BCUT2D eigenvalue weighted by molar-refractivity contribution is -0.118. The predicted molar refractivity (Wildman–Crippen MR) is 93.3 cm³/mol. The van der Waals surface area contributed by atoms with Crippen LogP contribution in [0, 0.1) is 6.92 Å². The van der Waals surface area contributed by atoms with Gasteiger partial charge in [-0.3, -0.25) is 9.59 Å². The molecule has 0 aromatic heterocycles. The third kappa shape index (κ3) is 3.93. The Morgan fingerprint density at radius 2 is 2.04 bits per heavy atom. The topological polar surface area (TPSA) is 58.6 Å². The second-order valence-electron chi connectivity index (χ2n) is 5.85. The summed E-state index contributed by atoms with van der Waals surface area (Å²) in [4.78, 5) is 25.6. The number of ether oxygens (including phenoxy) is 1. The van der Waals surface area contributed by atoms with Crippen LogP contribution in [0.3, 0.4) is 0 Å². The highest BCUT2D eigenvalue weighted by molar-refractivity contribution is 5.97. The molecule has 2 aromatic rings. The number of carbonyl (C=O) groups is 2. The van der Waals surface area contributed by atoms with Crippen molar-refractivity contribution >= 4 is 23.2 Å². The van der Waals surface area contributed by atoms with E-state index in [1.165, 1.54) is 0 Å². The largest absolute Gasteiger partial charge is 0.484 e. The standard InChI is InChI=1S/C19H20N2O3/c1-14-5-2-8-17(11-14)24-13-18(22)20-15-6-3-7-16(12-15)21-10-4-9-19(21)23/h2-3,5-8,11-12H,4,9-10,13H2,1H3,(H,20,22). The summed E-state index contributed by atoms with van der Waals surface area (Å²) in [5, 5.41) is 2.80. The molecule has 1 N–H and O–H groups in total. The number of rotatable bonds is 5. The maximum absolute atomic E-state index is 12.1. The molecule has 0 radical (unpaired) electrons. The van der Waals surface area contributed by atoms with Gasteiger partial charge in [0, 0.05) is 24.3 Å². The van der Waals surface area contributed by atoms with Crippen molar-refractivity contribution in [2.75, 3.05) is 23.4 Å². The van der Waals surface area contributed by atoms with E-state index in [1.54, 1.807) is 11.0 Å². The quantitative estimate of drug-likeness (QED) is 0.919. The number of nitrogens with one attached hydrogen (secondary N) is 1. The third-order valence-electron chi connectivity index (χ3n) is 3.87. The van der Waals surface area contributed by atoms with Crippen molar-refractivity contribution in [2.45, 2.75) is 19.8 Å². The van der Waals surface area contributed by atoms with Gasteiger partial charge in [-0.15, -0.1) is 0 Å². The molecular weight excluding hydrogens is 304 g/mol. The van der Waals surface area contributed by atoms with Crippen molar-refractivity contribution in [3.8, 4) is 5.75 Å². The first-order chi connectivity index (χ1) is 11.6. The molecule has 0 bridgehead atoms. The molecule has 0 spiro atoms. The van der Waals surface area contributed by atoms with E-state index in [9.17, 15) is 9.59 Å². The zero-order chi connectivity index (χ0) is 16.9. The summed E-state index contributed by atoms with van der Waals surface area (Å²) >= 11 is 0. The summed E-state index contributed by atoms with van der Waals surface area (Å²) in [7, 11) is 0. The molecule has 0 aliphatic carbocycles. The second-order valence-corrected chi connectivity index (χ2v) is 5.85. The normalized spacial score (nSPS) is 13.9. The number of benzene rings is 2. The predicted octanol–water partition coefficient (Wildman–Crippen LogP) is 3.14. The molecule has 0 unspecified atom stereocenters. The van der Waals surface area contributed by atoms with E-state index in [-0.39, 0.29) is 18.4 Å². The van der Waals surface area contributed by atoms with Crippen molar-refractivity contribution < 1.29 is 14.3 Å². The molecule has 5 heteroatoms. The van der Waals surface area contributed by atoms with Crippen LogP contribution >= 0.6 is 0 Å². The number of anilines is 2. The lowest BCUT2D eigenvalue weighted by atomic mass is 10.2. The first-order valence-corrected chi connectivity index (χ1v) is 8.01. The van der Waals surface area contributed by atoms with Crippen LogP contribution in [-0.4, -0.2) is 25.0 Å². The van der Waals surface area contributed by atoms with Gasteiger partial charge in [0.25, 0.3) is 5.91 Å². The lowest BCUT2D eigenvalue weighted by Gasteiger charge is -2.16.